The van der Waals surface area contributed by atoms with Crippen LogP contribution in [0.3, 0.4) is 0 Å². The molecule has 23 heavy (non-hydrogen) atoms. The monoisotopic (exact) mass is 327 g/mol. The number of nitrogens with two attached hydrogens (primary N) is 1. The fraction of sp³-hybridized carbons (Fsp3) is 0.421. The molecule has 0 bridgehead atoms. The highest BCUT2D eigenvalue weighted by molar-refractivity contribution is 7.15. The van der Waals surface area contributed by atoms with Gasteiger partial charge in [0.2, 0.25) is 0 Å². The lowest BCUT2D eigenvalue weighted by molar-refractivity contribution is 0.564. The zero-order valence-electron chi connectivity index (χ0n) is 14.4. The van der Waals surface area contributed by atoms with Gasteiger partial charge in [-0.3, -0.25) is 4.40 Å². The van der Waals surface area contributed by atoms with Crippen LogP contribution in [0.5, 0.6) is 0 Å². The van der Waals surface area contributed by atoms with E-state index in [2.05, 4.69) is 61.7 Å². The van der Waals surface area contributed by atoms with Crippen molar-refractivity contribution in [3.8, 4) is 11.3 Å². The average molecular weight is 327 g/mol. The molecule has 0 aliphatic rings. The molecular formula is C19H25N3S. The average Bonchev–Trinajstić information content (AvgIpc) is 3.08. The summed E-state index contributed by atoms with van der Waals surface area (Å²) in [5, 5.41) is 2.20. The van der Waals surface area contributed by atoms with E-state index in [-0.39, 0.29) is 5.41 Å². The number of hydrogen-bond acceptors (Lipinski definition) is 3. The van der Waals surface area contributed by atoms with E-state index in [1.165, 1.54) is 28.2 Å². The van der Waals surface area contributed by atoms with Gasteiger partial charge in [-0.2, -0.15) is 0 Å². The van der Waals surface area contributed by atoms with E-state index in [0.717, 1.165) is 17.8 Å². The predicted molar refractivity (Wildman–Crippen MR) is 99.3 cm³/mol. The van der Waals surface area contributed by atoms with Crippen LogP contribution in [-0.2, 0) is 18.3 Å². The number of fused-ring (bicyclic) bond motifs is 1. The molecule has 0 spiro atoms. The maximum atomic E-state index is 5.88. The molecule has 0 saturated heterocycles. The van der Waals surface area contributed by atoms with Gasteiger partial charge in [0.05, 0.1) is 11.4 Å². The Kier molecular flexibility index (Phi) is 4.30. The Labute approximate surface area is 142 Å². The second-order valence-corrected chi connectivity index (χ2v) is 7.82. The third-order valence-corrected chi connectivity index (χ3v) is 5.03. The largest absolute Gasteiger partial charge is 0.330 e. The lowest BCUT2D eigenvalue weighted by Crippen LogP contribution is -2.17. The van der Waals surface area contributed by atoms with Crippen LogP contribution in [0.25, 0.3) is 16.2 Å². The summed E-state index contributed by atoms with van der Waals surface area (Å²) < 4.78 is 2.30. The van der Waals surface area contributed by atoms with Crippen LogP contribution in [0, 0.1) is 0 Å². The van der Waals surface area contributed by atoms with E-state index < -0.39 is 0 Å². The molecule has 1 aromatic carbocycles. The Morgan fingerprint density at radius 1 is 1.17 bits per heavy atom. The zero-order valence-corrected chi connectivity index (χ0v) is 15.2. The number of nitrogens with zero attached hydrogens (tertiary/aromatic N) is 2. The number of aromatic nitrogens is 2. The van der Waals surface area contributed by atoms with Crippen molar-refractivity contribution in [1.82, 2.24) is 9.38 Å². The quantitative estimate of drug-likeness (QED) is 0.770. The summed E-state index contributed by atoms with van der Waals surface area (Å²) in [7, 11) is 0. The van der Waals surface area contributed by atoms with Gasteiger partial charge < -0.3 is 5.73 Å². The van der Waals surface area contributed by atoms with Crippen LogP contribution in [0.4, 0.5) is 0 Å². The van der Waals surface area contributed by atoms with Crippen molar-refractivity contribution in [3.05, 3.63) is 46.6 Å². The van der Waals surface area contributed by atoms with Gasteiger partial charge in [-0.25, -0.2) is 4.98 Å². The lowest BCUT2D eigenvalue weighted by Gasteiger charge is -2.18. The first kappa shape index (κ1) is 16.2. The fourth-order valence-corrected chi connectivity index (χ4v) is 3.91. The lowest BCUT2D eigenvalue weighted by atomic mass is 9.90. The normalized spacial score (nSPS) is 12.2. The van der Waals surface area contributed by atoms with Crippen LogP contribution < -0.4 is 5.73 Å². The predicted octanol–water partition coefficient (Wildman–Crippen LogP) is 4.42. The third-order valence-electron chi connectivity index (χ3n) is 4.21. The minimum Gasteiger partial charge on any atom is -0.330 e. The minimum atomic E-state index is 0.0274. The van der Waals surface area contributed by atoms with Crippen molar-refractivity contribution in [1.29, 1.82) is 0 Å². The van der Waals surface area contributed by atoms with Crippen LogP contribution in [0.2, 0.25) is 0 Å². The second kappa shape index (κ2) is 6.10. The Morgan fingerprint density at radius 2 is 1.87 bits per heavy atom. The van der Waals surface area contributed by atoms with E-state index in [1.807, 2.05) is 0 Å². The highest BCUT2D eigenvalue weighted by atomic mass is 32.1. The zero-order chi connectivity index (χ0) is 16.6. The summed E-state index contributed by atoms with van der Waals surface area (Å²) in [6.45, 7) is 9.48. The fourth-order valence-electron chi connectivity index (χ4n) is 3.00. The van der Waals surface area contributed by atoms with Crippen LogP contribution in [-0.4, -0.2) is 15.9 Å². The van der Waals surface area contributed by atoms with Crippen molar-refractivity contribution in [3.63, 3.8) is 0 Å². The molecule has 4 heteroatoms. The SMILES string of the molecule is CCc1ccc(-c2csc3nc(C(C)(C)C)c(CCN)n23)cc1. The minimum absolute atomic E-state index is 0.0274. The van der Waals surface area contributed by atoms with Crippen LogP contribution in [0.15, 0.2) is 29.6 Å². The molecule has 3 rings (SSSR count). The van der Waals surface area contributed by atoms with Crippen molar-refractivity contribution < 1.29 is 0 Å². The van der Waals surface area contributed by atoms with Gasteiger partial charge in [0.15, 0.2) is 4.96 Å². The first-order valence-electron chi connectivity index (χ1n) is 8.24. The Morgan fingerprint density at radius 3 is 2.43 bits per heavy atom. The number of rotatable bonds is 4. The van der Waals surface area contributed by atoms with Crippen LogP contribution in [0.1, 0.15) is 44.6 Å². The summed E-state index contributed by atoms with van der Waals surface area (Å²) >= 11 is 1.71. The molecule has 2 heterocycles. The van der Waals surface area contributed by atoms with Crippen molar-refractivity contribution in [2.45, 2.75) is 46.0 Å². The molecule has 3 aromatic rings. The maximum Gasteiger partial charge on any atom is 0.194 e. The summed E-state index contributed by atoms with van der Waals surface area (Å²) in [4.78, 5) is 5.97. The molecule has 0 amide bonds. The first-order valence-corrected chi connectivity index (χ1v) is 9.12. The molecule has 122 valence electrons. The number of benzene rings is 1. The summed E-state index contributed by atoms with van der Waals surface area (Å²) in [5.41, 5.74) is 12.2. The second-order valence-electron chi connectivity index (χ2n) is 6.99. The van der Waals surface area contributed by atoms with Gasteiger partial charge in [0, 0.05) is 22.9 Å². The Balaban J connectivity index is 2.19. The van der Waals surface area contributed by atoms with Gasteiger partial charge in [0.1, 0.15) is 0 Å². The molecular weight excluding hydrogens is 302 g/mol. The van der Waals surface area contributed by atoms with E-state index in [9.17, 15) is 0 Å². The van der Waals surface area contributed by atoms with Crippen LogP contribution >= 0.6 is 11.3 Å². The van der Waals surface area contributed by atoms with E-state index in [1.54, 1.807) is 11.3 Å². The van der Waals surface area contributed by atoms with Crippen molar-refractivity contribution >= 4 is 16.3 Å². The molecule has 0 aliphatic heterocycles. The third kappa shape index (κ3) is 2.93. The Hall–Kier alpha value is -1.65. The smallest absolute Gasteiger partial charge is 0.194 e. The Bertz CT molecular complexity index is 804. The molecule has 2 N–H and O–H groups in total. The first-order chi connectivity index (χ1) is 11.0. The van der Waals surface area contributed by atoms with Gasteiger partial charge in [-0.1, -0.05) is 52.0 Å². The van der Waals surface area contributed by atoms with E-state index in [0.29, 0.717) is 6.54 Å². The standard InChI is InChI=1S/C19H25N3S/c1-5-13-6-8-14(9-7-13)16-12-23-18-21-17(19(2,3)4)15(10-11-20)22(16)18/h6-9,12H,5,10-11,20H2,1-4H3. The number of imidazole rings is 1. The van der Waals surface area contributed by atoms with E-state index in [4.69, 9.17) is 10.7 Å². The van der Waals surface area contributed by atoms with Gasteiger partial charge in [-0.05, 0) is 24.1 Å². The summed E-state index contributed by atoms with van der Waals surface area (Å²) in [6, 6.07) is 8.85. The van der Waals surface area contributed by atoms with Gasteiger partial charge in [-0.15, -0.1) is 11.3 Å². The summed E-state index contributed by atoms with van der Waals surface area (Å²) in [5.74, 6) is 0. The topological polar surface area (TPSA) is 43.3 Å². The molecule has 0 unspecified atom stereocenters. The number of hydrogen-bond donors (Lipinski definition) is 1. The highest BCUT2D eigenvalue weighted by Gasteiger charge is 2.25. The van der Waals surface area contributed by atoms with E-state index >= 15 is 0 Å². The number of aryl methyl sites for hydroxylation is 1. The van der Waals surface area contributed by atoms with Crippen molar-refractivity contribution in [2.24, 2.45) is 5.73 Å². The molecule has 2 aromatic heterocycles. The molecule has 0 aliphatic carbocycles. The molecule has 0 saturated carbocycles. The highest BCUT2D eigenvalue weighted by Crippen LogP contribution is 2.33. The maximum absolute atomic E-state index is 5.88. The van der Waals surface area contributed by atoms with Gasteiger partial charge >= 0.3 is 0 Å². The molecule has 0 atom stereocenters. The van der Waals surface area contributed by atoms with Gasteiger partial charge in [0.25, 0.3) is 0 Å². The molecule has 0 radical (unpaired) electrons. The molecule has 3 nitrogen and oxygen atoms in total. The summed E-state index contributed by atoms with van der Waals surface area (Å²) in [6.07, 6.45) is 1.92. The van der Waals surface area contributed by atoms with Crippen molar-refractivity contribution in [2.75, 3.05) is 6.54 Å². The molecule has 0 fully saturated rings. The number of thiazole rings is 1.